The van der Waals surface area contributed by atoms with Gasteiger partial charge >= 0.3 is 6.18 Å². The van der Waals surface area contributed by atoms with E-state index in [1.54, 1.807) is 13.8 Å². The molecule has 1 rings (SSSR count). The molecule has 0 aliphatic carbocycles. The molecular weight excluding hydrogens is 349 g/mol. The normalized spacial score (nSPS) is 13.4. The standard InChI is InChI=1S/C11H16ClF3N2O2S2/c1-4-8(5-2)17(6-11(13,14)15)21(18,19)9-7(3)16-10(12)20-9/h8H,4-6H2,1-3H3. The molecule has 0 aromatic carbocycles. The van der Waals surface area contributed by atoms with Gasteiger partial charge in [0.25, 0.3) is 10.0 Å². The van der Waals surface area contributed by atoms with Crippen molar-refractivity contribution < 1.29 is 21.6 Å². The first-order valence-electron chi connectivity index (χ1n) is 6.24. The third-order valence-corrected chi connectivity index (χ3v) is 6.70. The predicted molar refractivity (Wildman–Crippen MR) is 76.2 cm³/mol. The van der Waals surface area contributed by atoms with Crippen molar-refractivity contribution in [1.82, 2.24) is 9.29 Å². The van der Waals surface area contributed by atoms with Gasteiger partial charge in [0.05, 0.1) is 5.69 Å². The van der Waals surface area contributed by atoms with Crippen LogP contribution in [0, 0.1) is 6.92 Å². The van der Waals surface area contributed by atoms with Crippen molar-refractivity contribution in [3.8, 4) is 0 Å². The smallest absolute Gasteiger partial charge is 0.229 e. The summed E-state index contributed by atoms with van der Waals surface area (Å²) in [6, 6.07) is -0.725. The Bertz CT molecular complexity index is 583. The van der Waals surface area contributed by atoms with Crippen molar-refractivity contribution in [2.24, 2.45) is 0 Å². The van der Waals surface area contributed by atoms with Crippen LogP contribution in [0.5, 0.6) is 0 Å². The number of aryl methyl sites for hydroxylation is 1. The molecule has 0 saturated heterocycles. The molecule has 0 bridgehead atoms. The van der Waals surface area contributed by atoms with Gasteiger partial charge in [-0.1, -0.05) is 36.8 Å². The van der Waals surface area contributed by atoms with Crippen molar-refractivity contribution >= 4 is 33.0 Å². The molecule has 0 fully saturated rings. The van der Waals surface area contributed by atoms with E-state index in [1.807, 2.05) is 0 Å². The number of hydrogen-bond donors (Lipinski definition) is 0. The third kappa shape index (κ3) is 4.54. The SMILES string of the molecule is CCC(CC)N(CC(F)(F)F)S(=O)(=O)c1sc(Cl)nc1C. The second-order valence-corrected chi connectivity index (χ2v) is 8.14. The number of aromatic nitrogens is 1. The Morgan fingerprint density at radius 2 is 1.86 bits per heavy atom. The highest BCUT2D eigenvalue weighted by Gasteiger charge is 2.41. The summed E-state index contributed by atoms with van der Waals surface area (Å²) in [6.07, 6.45) is -4.03. The molecule has 0 aliphatic rings. The van der Waals surface area contributed by atoms with Crippen LogP contribution in [-0.2, 0) is 10.0 Å². The van der Waals surface area contributed by atoms with Crippen LogP contribution in [0.1, 0.15) is 32.4 Å². The summed E-state index contributed by atoms with van der Waals surface area (Å²) in [7, 11) is -4.28. The van der Waals surface area contributed by atoms with Gasteiger partial charge in [-0.25, -0.2) is 13.4 Å². The minimum atomic E-state index is -4.61. The van der Waals surface area contributed by atoms with Crippen molar-refractivity contribution in [1.29, 1.82) is 0 Å². The van der Waals surface area contributed by atoms with Crippen LogP contribution in [0.15, 0.2) is 4.21 Å². The molecule has 0 aliphatic heterocycles. The lowest BCUT2D eigenvalue weighted by Gasteiger charge is -2.29. The fraction of sp³-hybridized carbons (Fsp3) is 0.727. The number of alkyl halides is 3. The van der Waals surface area contributed by atoms with Crippen LogP contribution in [-0.4, -0.2) is 36.5 Å². The molecule has 0 unspecified atom stereocenters. The molecule has 0 spiro atoms. The maximum absolute atomic E-state index is 12.7. The maximum atomic E-state index is 12.7. The average molecular weight is 365 g/mol. The topological polar surface area (TPSA) is 50.3 Å². The summed E-state index contributed by atoms with van der Waals surface area (Å²) >= 11 is 6.33. The van der Waals surface area contributed by atoms with Crippen LogP contribution >= 0.6 is 22.9 Å². The fourth-order valence-corrected chi connectivity index (χ4v) is 5.59. The summed E-state index contributed by atoms with van der Waals surface area (Å²) in [5, 5.41) is 0. The maximum Gasteiger partial charge on any atom is 0.402 e. The van der Waals surface area contributed by atoms with Crippen LogP contribution in [0.3, 0.4) is 0 Å². The predicted octanol–water partition coefficient (Wildman–Crippen LogP) is 3.85. The van der Waals surface area contributed by atoms with Gasteiger partial charge in [0.15, 0.2) is 8.68 Å². The van der Waals surface area contributed by atoms with E-state index < -0.39 is 28.8 Å². The number of halogens is 4. The van der Waals surface area contributed by atoms with E-state index in [0.717, 1.165) is 0 Å². The molecule has 122 valence electrons. The van der Waals surface area contributed by atoms with Gasteiger partial charge in [-0.3, -0.25) is 0 Å². The highest BCUT2D eigenvalue weighted by molar-refractivity contribution is 7.91. The van der Waals surface area contributed by atoms with Crippen LogP contribution in [0.4, 0.5) is 13.2 Å². The number of hydrogen-bond acceptors (Lipinski definition) is 4. The van der Waals surface area contributed by atoms with Crippen molar-refractivity contribution in [2.75, 3.05) is 6.54 Å². The Morgan fingerprint density at radius 3 is 2.19 bits per heavy atom. The van der Waals surface area contributed by atoms with Crippen LogP contribution in [0.2, 0.25) is 4.47 Å². The van der Waals surface area contributed by atoms with Gasteiger partial charge in [0.2, 0.25) is 0 Å². The van der Waals surface area contributed by atoms with E-state index in [2.05, 4.69) is 4.98 Å². The average Bonchev–Trinajstić information content (AvgIpc) is 2.68. The van der Waals surface area contributed by atoms with Gasteiger partial charge in [-0.15, -0.1) is 0 Å². The van der Waals surface area contributed by atoms with E-state index in [-0.39, 0.29) is 27.2 Å². The number of sulfonamides is 1. The molecule has 1 aromatic heterocycles. The van der Waals surface area contributed by atoms with E-state index in [0.29, 0.717) is 15.6 Å². The summed E-state index contributed by atoms with van der Waals surface area (Å²) in [5.74, 6) is 0. The fourth-order valence-electron chi connectivity index (χ4n) is 1.98. The second kappa shape index (κ2) is 6.80. The number of rotatable bonds is 6. The molecular formula is C11H16ClF3N2O2S2. The van der Waals surface area contributed by atoms with E-state index in [1.165, 1.54) is 6.92 Å². The minimum absolute atomic E-state index is 0.0115. The Labute approximate surface area is 131 Å². The van der Waals surface area contributed by atoms with Gasteiger partial charge in [-0.05, 0) is 19.8 Å². The third-order valence-electron chi connectivity index (χ3n) is 2.96. The zero-order valence-corrected chi connectivity index (χ0v) is 14.1. The molecule has 0 saturated carbocycles. The van der Waals surface area contributed by atoms with E-state index in [9.17, 15) is 21.6 Å². The second-order valence-electron chi connectivity index (χ2n) is 4.48. The molecule has 0 amide bonds. The van der Waals surface area contributed by atoms with Crippen molar-refractivity contribution in [3.63, 3.8) is 0 Å². The Balaban J connectivity index is 3.32. The summed E-state index contributed by atoms with van der Waals surface area (Å²) in [4.78, 5) is 3.76. The Kier molecular flexibility index (Phi) is 6.05. The highest BCUT2D eigenvalue weighted by Crippen LogP contribution is 2.33. The summed E-state index contributed by atoms with van der Waals surface area (Å²) in [5.41, 5.74) is 0.114. The molecule has 0 N–H and O–H groups in total. The van der Waals surface area contributed by atoms with Crippen molar-refractivity contribution in [3.05, 3.63) is 10.2 Å². The first-order chi connectivity index (χ1) is 9.52. The molecule has 21 heavy (non-hydrogen) atoms. The Morgan fingerprint density at radius 1 is 1.33 bits per heavy atom. The van der Waals surface area contributed by atoms with Gasteiger partial charge in [0.1, 0.15) is 6.54 Å². The lowest BCUT2D eigenvalue weighted by atomic mass is 10.2. The van der Waals surface area contributed by atoms with Gasteiger partial charge < -0.3 is 0 Å². The van der Waals surface area contributed by atoms with E-state index in [4.69, 9.17) is 11.6 Å². The molecule has 1 heterocycles. The minimum Gasteiger partial charge on any atom is -0.229 e. The first kappa shape index (κ1) is 18.7. The number of thiazole rings is 1. The zero-order valence-electron chi connectivity index (χ0n) is 11.7. The Hall–Kier alpha value is -0.380. The highest BCUT2D eigenvalue weighted by atomic mass is 35.5. The number of nitrogens with zero attached hydrogens (tertiary/aromatic N) is 2. The first-order valence-corrected chi connectivity index (χ1v) is 8.87. The lowest BCUT2D eigenvalue weighted by molar-refractivity contribution is -0.139. The molecule has 10 heteroatoms. The summed E-state index contributed by atoms with van der Waals surface area (Å²) in [6.45, 7) is 3.20. The molecule has 0 atom stereocenters. The van der Waals surface area contributed by atoms with Gasteiger partial charge in [0, 0.05) is 6.04 Å². The lowest BCUT2D eigenvalue weighted by Crippen LogP contribution is -2.45. The molecule has 4 nitrogen and oxygen atoms in total. The molecule has 0 radical (unpaired) electrons. The van der Waals surface area contributed by atoms with Gasteiger partial charge in [-0.2, -0.15) is 17.5 Å². The monoisotopic (exact) mass is 364 g/mol. The molecule has 1 aromatic rings. The van der Waals surface area contributed by atoms with Crippen LogP contribution in [0.25, 0.3) is 0 Å². The van der Waals surface area contributed by atoms with Crippen LogP contribution < -0.4 is 0 Å². The largest absolute Gasteiger partial charge is 0.402 e. The summed E-state index contributed by atoms with van der Waals surface area (Å²) < 4.78 is 63.6. The van der Waals surface area contributed by atoms with Crippen molar-refractivity contribution in [2.45, 2.75) is 50.0 Å². The van der Waals surface area contributed by atoms with E-state index >= 15 is 0 Å². The zero-order chi connectivity index (χ0) is 16.4. The quantitative estimate of drug-likeness (QED) is 0.770.